The van der Waals surface area contributed by atoms with Crippen molar-refractivity contribution in [3.05, 3.63) is 69.6 Å². The molecule has 6 rings (SSSR count). The van der Waals surface area contributed by atoms with Gasteiger partial charge in [0.15, 0.2) is 5.82 Å². The zero-order chi connectivity index (χ0) is 37.2. The number of alkyl halides is 6. The molecule has 3 aliphatic heterocycles. The summed E-state index contributed by atoms with van der Waals surface area (Å²) < 4.78 is 84.6. The van der Waals surface area contributed by atoms with Gasteiger partial charge in [-0.1, -0.05) is 30.3 Å². The first kappa shape index (κ1) is 37.4. The maximum atomic E-state index is 14.0. The smallest absolute Gasteiger partial charge is 0.398 e. The van der Waals surface area contributed by atoms with Crippen LogP contribution in [0.1, 0.15) is 54.8 Å². The zero-order valence-corrected chi connectivity index (χ0v) is 28.5. The van der Waals surface area contributed by atoms with Crippen molar-refractivity contribution < 1.29 is 35.9 Å². The monoisotopic (exact) mass is 736 g/mol. The summed E-state index contributed by atoms with van der Waals surface area (Å²) >= 11 is 0. The third-order valence-corrected chi connectivity index (χ3v) is 10.4. The summed E-state index contributed by atoms with van der Waals surface area (Å²) in [5, 5.41) is 7.77. The van der Waals surface area contributed by atoms with Gasteiger partial charge in [-0.3, -0.25) is 19.5 Å². The van der Waals surface area contributed by atoms with Crippen molar-refractivity contribution in [1.82, 2.24) is 34.8 Å². The van der Waals surface area contributed by atoms with Crippen LogP contribution in [0.2, 0.25) is 0 Å². The topological polar surface area (TPSA) is 133 Å². The Bertz CT molecular complexity index is 1740. The number of aromatic amines is 1. The molecule has 0 radical (unpaired) electrons. The number of benzene rings is 2. The fraction of sp³-hybridized carbons (Fsp3) is 0.543. The minimum Gasteiger partial charge on any atom is -0.398 e. The van der Waals surface area contributed by atoms with Crippen LogP contribution in [0.4, 0.5) is 32.0 Å². The Balaban J connectivity index is 1.19. The molecule has 1 aromatic heterocycles. The van der Waals surface area contributed by atoms with Gasteiger partial charge in [0.1, 0.15) is 0 Å². The average Bonchev–Trinajstić information content (AvgIpc) is 3.53. The fourth-order valence-corrected chi connectivity index (χ4v) is 7.58. The Labute approximate surface area is 296 Å². The Morgan fingerprint density at radius 1 is 0.827 bits per heavy atom. The molecule has 2 amide bonds. The second-order valence-electron chi connectivity index (χ2n) is 13.7. The molecule has 17 heteroatoms. The number of rotatable bonds is 8. The molecule has 52 heavy (non-hydrogen) atoms. The van der Waals surface area contributed by atoms with E-state index in [2.05, 4.69) is 20.3 Å². The average molecular weight is 737 g/mol. The molecule has 0 unspecified atom stereocenters. The van der Waals surface area contributed by atoms with Crippen LogP contribution in [0.5, 0.6) is 0 Å². The molecule has 3 saturated heterocycles. The van der Waals surface area contributed by atoms with Gasteiger partial charge in [-0.15, -0.1) is 5.10 Å². The third kappa shape index (κ3) is 8.46. The second-order valence-corrected chi connectivity index (χ2v) is 13.7. The number of nitrogen functional groups attached to an aromatic ring is 1. The van der Waals surface area contributed by atoms with Crippen LogP contribution >= 0.6 is 0 Å². The highest BCUT2D eigenvalue weighted by molar-refractivity contribution is 5.86. The van der Waals surface area contributed by atoms with Gasteiger partial charge in [0.05, 0.1) is 28.8 Å². The van der Waals surface area contributed by atoms with Gasteiger partial charge in [-0.25, -0.2) is 9.48 Å². The Morgan fingerprint density at radius 2 is 1.42 bits per heavy atom. The molecule has 1 atom stereocenters. The number of piperidine rings is 2. The van der Waals surface area contributed by atoms with Gasteiger partial charge in [-0.05, 0) is 62.9 Å². The highest BCUT2D eigenvalue weighted by Crippen LogP contribution is 2.42. The van der Waals surface area contributed by atoms with E-state index in [1.165, 1.54) is 9.58 Å². The number of carbonyl (C=O) groups excluding carboxylic acids is 2. The van der Waals surface area contributed by atoms with Crippen molar-refractivity contribution in [2.24, 2.45) is 5.92 Å². The number of likely N-dealkylation sites (tertiary alicyclic amines) is 1. The summed E-state index contributed by atoms with van der Waals surface area (Å²) in [6, 6.07) is 10.2. The molecule has 4 N–H and O–H groups in total. The molecule has 3 aliphatic rings. The van der Waals surface area contributed by atoms with Gasteiger partial charge >= 0.3 is 18.0 Å². The SMILES string of the molecule is Nc1c(C(F)(F)F)cc(C[C@@H](CC(=O)N2CCC(n3nc(-c4ccccc4)[nH]c3=O)CC2)C(=O)N2CCN(C3CCNCC3)CC2)cc1C(F)(F)F. The van der Waals surface area contributed by atoms with Crippen molar-refractivity contribution in [3.8, 4) is 11.4 Å². The number of aromatic nitrogens is 3. The number of halogens is 6. The lowest BCUT2D eigenvalue weighted by atomic mass is 9.90. The first-order valence-corrected chi connectivity index (χ1v) is 17.5. The normalized spacial score (nSPS) is 19.2. The molecule has 2 aromatic carbocycles. The van der Waals surface area contributed by atoms with Gasteiger partial charge in [0.25, 0.3) is 0 Å². The molecule has 4 heterocycles. The number of nitrogens with two attached hydrogens (primary N) is 1. The Morgan fingerprint density at radius 3 is 2.00 bits per heavy atom. The number of carbonyl (C=O) groups is 2. The van der Waals surface area contributed by atoms with Crippen LogP contribution in [0.3, 0.4) is 0 Å². The third-order valence-electron chi connectivity index (χ3n) is 10.4. The number of anilines is 1. The van der Waals surface area contributed by atoms with Crippen molar-refractivity contribution >= 4 is 17.5 Å². The van der Waals surface area contributed by atoms with E-state index in [-0.39, 0.29) is 24.7 Å². The molecule has 0 aliphatic carbocycles. The lowest BCUT2D eigenvalue weighted by Crippen LogP contribution is -2.55. The Kier molecular flexibility index (Phi) is 11.0. The molecular weight excluding hydrogens is 694 g/mol. The summed E-state index contributed by atoms with van der Waals surface area (Å²) in [5.74, 6) is -1.76. The van der Waals surface area contributed by atoms with E-state index < -0.39 is 65.4 Å². The maximum Gasteiger partial charge on any atom is 0.418 e. The van der Waals surface area contributed by atoms with E-state index in [9.17, 15) is 40.7 Å². The lowest BCUT2D eigenvalue weighted by molar-refractivity contribution is -0.143. The number of hydrogen-bond donors (Lipinski definition) is 3. The Hall–Kier alpha value is -4.38. The summed E-state index contributed by atoms with van der Waals surface area (Å²) in [5.41, 5.74) is 0.596. The van der Waals surface area contributed by atoms with E-state index in [1.54, 1.807) is 4.90 Å². The number of nitrogens with zero attached hydrogens (tertiary/aromatic N) is 5. The summed E-state index contributed by atoms with van der Waals surface area (Å²) in [7, 11) is 0. The second kappa shape index (κ2) is 15.3. The predicted molar refractivity (Wildman–Crippen MR) is 180 cm³/mol. The van der Waals surface area contributed by atoms with E-state index in [0.717, 1.165) is 31.5 Å². The molecule has 11 nitrogen and oxygen atoms in total. The predicted octanol–water partition coefficient (Wildman–Crippen LogP) is 4.17. The molecule has 0 bridgehead atoms. The molecule has 3 fully saturated rings. The van der Waals surface area contributed by atoms with Crippen molar-refractivity contribution in [1.29, 1.82) is 0 Å². The quantitative estimate of drug-likeness (QED) is 0.234. The lowest BCUT2D eigenvalue weighted by Gasteiger charge is -2.41. The largest absolute Gasteiger partial charge is 0.418 e. The molecule has 0 saturated carbocycles. The number of H-pyrrole nitrogens is 1. The van der Waals surface area contributed by atoms with Crippen molar-refractivity contribution in [2.45, 2.75) is 63.0 Å². The molecule has 3 aromatic rings. The highest BCUT2D eigenvalue weighted by atomic mass is 19.4. The van der Waals surface area contributed by atoms with Gasteiger partial charge in [0, 0.05) is 57.3 Å². The van der Waals surface area contributed by atoms with Crippen LogP contribution in [-0.2, 0) is 28.4 Å². The van der Waals surface area contributed by atoms with Crippen LogP contribution in [-0.4, -0.2) is 99.7 Å². The van der Waals surface area contributed by atoms with E-state index >= 15 is 0 Å². The van der Waals surface area contributed by atoms with Gasteiger partial charge in [0.2, 0.25) is 11.8 Å². The number of amides is 2. The van der Waals surface area contributed by atoms with Crippen LogP contribution in [0, 0.1) is 5.92 Å². The highest BCUT2D eigenvalue weighted by Gasteiger charge is 2.42. The zero-order valence-electron chi connectivity index (χ0n) is 28.5. The summed E-state index contributed by atoms with van der Waals surface area (Å²) in [6.07, 6.45) is -8.60. The van der Waals surface area contributed by atoms with E-state index in [4.69, 9.17) is 5.73 Å². The van der Waals surface area contributed by atoms with Crippen LogP contribution in [0.15, 0.2) is 47.3 Å². The van der Waals surface area contributed by atoms with Crippen LogP contribution in [0.25, 0.3) is 11.4 Å². The summed E-state index contributed by atoms with van der Waals surface area (Å²) in [6.45, 7) is 4.01. The summed E-state index contributed by atoms with van der Waals surface area (Å²) in [4.78, 5) is 48.6. The van der Waals surface area contributed by atoms with E-state index in [1.807, 2.05) is 30.3 Å². The molecular formula is C35H42F6N8O3. The molecule has 0 spiro atoms. The fourth-order valence-electron chi connectivity index (χ4n) is 7.58. The minimum atomic E-state index is -5.18. The van der Waals surface area contributed by atoms with Gasteiger partial charge in [-0.2, -0.15) is 26.3 Å². The van der Waals surface area contributed by atoms with Gasteiger partial charge < -0.3 is 20.9 Å². The minimum absolute atomic E-state index is 0.220. The number of piperazine rings is 1. The van der Waals surface area contributed by atoms with Crippen LogP contribution < -0.4 is 16.7 Å². The first-order chi connectivity index (χ1) is 24.7. The first-order valence-electron chi connectivity index (χ1n) is 17.5. The maximum absolute atomic E-state index is 14.0. The standard InChI is InChI=1S/C35H42F6N8O3/c36-34(37,38)27-19-22(20-28(30(27)42)35(39,40)41)18-24(32(51)48-16-14-46(15-17-48)25-6-10-43-11-7-25)21-29(50)47-12-8-26(9-13-47)49-33(52)44-31(45-49)23-4-2-1-3-5-23/h1-5,19-20,24-26,43H,6-18,21,42H2,(H,44,45,52)/t24-/m0/s1. The van der Waals surface area contributed by atoms with Crippen molar-refractivity contribution in [2.75, 3.05) is 58.1 Å². The number of hydrogen-bond acceptors (Lipinski definition) is 7. The van der Waals surface area contributed by atoms with Crippen molar-refractivity contribution in [3.63, 3.8) is 0 Å². The number of nitrogens with one attached hydrogen (secondary N) is 2. The van der Waals surface area contributed by atoms with E-state index in [0.29, 0.717) is 63.0 Å². The molecule has 282 valence electrons.